The number of benzene rings is 1. The molecular weight excluding hydrogens is 1010 g/mol. The highest BCUT2D eigenvalue weighted by Gasteiger charge is 2.55. The summed E-state index contributed by atoms with van der Waals surface area (Å²) in [6.07, 6.45) is -5.65. The molecule has 3 aliphatic heterocycles. The molecule has 0 saturated carbocycles. The van der Waals surface area contributed by atoms with Crippen LogP contribution in [0.5, 0.6) is 0 Å². The zero-order chi connectivity index (χ0) is 57.0. The summed E-state index contributed by atoms with van der Waals surface area (Å²) in [6, 6.07) is 4.92. The number of aromatic carboxylic acids is 1. The SMILES string of the molecule is CC[C@H]1OC(=O)[C@H](C)[C@@H](O[C@H]2C[C@@](C)(OC)[C@@H](OS(=O)(=O)CCNCCCc3ccc4c(c3)c(=O)c(C(=O)O)cn4C)[C@H](C)O2)[C@H](C)[C@@H](O[C@@H]2O[C@H](C)C[C@H](N(C)C)[C]2O)[C@](C)(OC)C[C@@H](C)C(=O)[C@H](C)[C@@H](O)C1(C)C. The van der Waals surface area contributed by atoms with Crippen molar-refractivity contribution in [1.82, 2.24) is 14.8 Å². The van der Waals surface area contributed by atoms with E-state index >= 15 is 0 Å². The van der Waals surface area contributed by atoms with E-state index in [9.17, 15) is 42.9 Å². The monoisotopic (exact) mass is 1090 g/mol. The van der Waals surface area contributed by atoms with Gasteiger partial charge in [0.2, 0.25) is 5.43 Å². The van der Waals surface area contributed by atoms with Gasteiger partial charge in [0.25, 0.3) is 10.1 Å². The highest BCUT2D eigenvalue weighted by molar-refractivity contribution is 7.86. The summed E-state index contributed by atoms with van der Waals surface area (Å²) >= 11 is 0. The number of cyclic esters (lactones) is 1. The van der Waals surface area contributed by atoms with Crippen molar-refractivity contribution in [3.63, 3.8) is 0 Å². The van der Waals surface area contributed by atoms with Gasteiger partial charge in [-0.1, -0.05) is 47.6 Å². The van der Waals surface area contributed by atoms with Crippen LogP contribution in [-0.2, 0) is 70.5 Å². The van der Waals surface area contributed by atoms with Crippen LogP contribution in [0.3, 0.4) is 0 Å². The molecule has 76 heavy (non-hydrogen) atoms. The summed E-state index contributed by atoms with van der Waals surface area (Å²) in [5.41, 5.74) is -3.11. The average Bonchev–Trinajstić information content (AvgIpc) is 3.36. The number of carbonyl (C=O) groups is 3. The quantitative estimate of drug-likeness (QED) is 0.0829. The normalized spacial score (nSPS) is 35.5. The summed E-state index contributed by atoms with van der Waals surface area (Å²) in [5, 5.41) is 36.5. The number of aliphatic hydroxyl groups is 2. The molecule has 1 aromatic carbocycles. The van der Waals surface area contributed by atoms with Gasteiger partial charge < -0.3 is 63.3 Å². The van der Waals surface area contributed by atoms with Crippen molar-refractivity contribution < 1.29 is 75.5 Å². The van der Waals surface area contributed by atoms with Gasteiger partial charge in [-0.15, -0.1) is 0 Å². The zero-order valence-corrected chi connectivity index (χ0v) is 48.4. The first-order valence-electron chi connectivity index (χ1n) is 26.7. The van der Waals surface area contributed by atoms with Gasteiger partial charge in [-0.2, -0.15) is 8.42 Å². The molecule has 16 atom stereocenters. The number of esters is 1. The molecule has 4 heterocycles. The van der Waals surface area contributed by atoms with Crippen molar-refractivity contribution in [2.24, 2.45) is 36.1 Å². The van der Waals surface area contributed by atoms with Crippen molar-refractivity contribution in [2.75, 3.05) is 47.2 Å². The summed E-state index contributed by atoms with van der Waals surface area (Å²) in [6.45, 7) is 19.9. The standard InChI is InChI=1S/C55H88N3O17S/c1-17-41-53(8,9)47(62)32(4)43(59)30(2)27-54(10,68-15)48(74-52-45(61)40(57(12)13)25-31(3)70-52)33(5)46(34(6)51(65)72-41)73-42-28-55(11,69-16)49(35(7)71-42)75-76(66,67)24-23-56-22-18-19-36-20-21-39-37(26-36)44(60)38(50(63)64)29-58(39)14/h20-21,26,29-35,40-42,46-49,52,56,61-62H,17-19,22-25,27-28H2,1-16H3,(H,63,64)/t30-,31-,32+,33+,34-,35+,40+,41-,42+,46+,47-,48-,49+,52+,54-,55-/m1/s1. The number of aliphatic hydroxyl groups excluding tert-OH is 2. The minimum absolute atomic E-state index is 0.0502. The molecule has 3 saturated heterocycles. The maximum absolute atomic E-state index is 14.7. The third kappa shape index (κ3) is 14.3. The predicted octanol–water partition coefficient (Wildman–Crippen LogP) is 5.39. The molecule has 3 fully saturated rings. The van der Waals surface area contributed by atoms with Gasteiger partial charge in [0.05, 0.1) is 58.9 Å². The number of rotatable bonds is 18. The number of fused-ring (bicyclic) bond motifs is 1. The number of nitrogens with zero attached hydrogens (tertiary/aromatic N) is 2. The van der Waals surface area contributed by atoms with Gasteiger partial charge in [0.15, 0.2) is 18.7 Å². The number of aromatic nitrogens is 1. The second kappa shape index (κ2) is 25.8. The number of pyridine rings is 1. The summed E-state index contributed by atoms with van der Waals surface area (Å²) < 4.78 is 80.1. The third-order valence-electron chi connectivity index (χ3n) is 16.5. The number of aryl methyl sites for hydroxylation is 2. The molecule has 3 aliphatic rings. The molecule has 0 aliphatic carbocycles. The minimum Gasteiger partial charge on any atom is -0.477 e. The Morgan fingerprint density at radius 1 is 0.921 bits per heavy atom. The Kier molecular flexibility index (Phi) is 21.5. The van der Waals surface area contributed by atoms with E-state index in [0.29, 0.717) is 43.1 Å². The van der Waals surface area contributed by atoms with Crippen LogP contribution in [0.25, 0.3) is 10.9 Å². The van der Waals surface area contributed by atoms with Crippen LogP contribution in [0, 0.1) is 35.2 Å². The van der Waals surface area contributed by atoms with Gasteiger partial charge in [-0.05, 0) is 105 Å². The van der Waals surface area contributed by atoms with Crippen LogP contribution in [-0.4, -0.2) is 171 Å². The van der Waals surface area contributed by atoms with Crippen molar-refractivity contribution in [2.45, 2.75) is 187 Å². The smallest absolute Gasteiger partial charge is 0.341 e. The lowest BCUT2D eigenvalue weighted by Crippen LogP contribution is -2.60. The fourth-order valence-corrected chi connectivity index (χ4v) is 12.8. The first kappa shape index (κ1) is 63.4. The Morgan fingerprint density at radius 3 is 2.17 bits per heavy atom. The van der Waals surface area contributed by atoms with E-state index in [1.165, 1.54) is 20.4 Å². The van der Waals surface area contributed by atoms with Crippen molar-refractivity contribution in [3.05, 3.63) is 51.9 Å². The number of methoxy groups -OCH3 is 2. The van der Waals surface area contributed by atoms with Crippen molar-refractivity contribution in [1.29, 1.82) is 0 Å². The Bertz CT molecular complexity index is 2490. The first-order valence-corrected chi connectivity index (χ1v) is 28.3. The zero-order valence-electron chi connectivity index (χ0n) is 47.6. The van der Waals surface area contributed by atoms with Crippen LogP contribution in [0.15, 0.2) is 29.2 Å². The topological polar surface area (TPSA) is 257 Å². The van der Waals surface area contributed by atoms with E-state index in [2.05, 4.69) is 5.32 Å². The maximum Gasteiger partial charge on any atom is 0.341 e. The molecule has 431 valence electrons. The fraction of sp³-hybridized carbons (Fsp3) is 0.764. The largest absolute Gasteiger partial charge is 0.477 e. The number of hydrogen-bond donors (Lipinski definition) is 4. The molecule has 2 aromatic rings. The second-order valence-electron chi connectivity index (χ2n) is 22.9. The Morgan fingerprint density at radius 2 is 1.57 bits per heavy atom. The number of Topliss-reactive ketones (excluding diaryl/α,β-unsaturated/α-hetero) is 1. The van der Waals surface area contributed by atoms with Gasteiger partial charge in [0, 0.05) is 75.0 Å². The lowest BCUT2D eigenvalue weighted by atomic mass is 9.70. The number of ether oxygens (including phenoxy) is 7. The van der Waals surface area contributed by atoms with E-state index < -0.39 is 123 Å². The predicted molar refractivity (Wildman–Crippen MR) is 283 cm³/mol. The van der Waals surface area contributed by atoms with Crippen LogP contribution < -0.4 is 10.7 Å². The van der Waals surface area contributed by atoms with Crippen molar-refractivity contribution in [3.8, 4) is 0 Å². The minimum atomic E-state index is -4.18. The van der Waals surface area contributed by atoms with Gasteiger partial charge in [-0.3, -0.25) is 18.6 Å². The van der Waals surface area contributed by atoms with Crippen LogP contribution in [0.4, 0.5) is 0 Å². The van der Waals surface area contributed by atoms with E-state index in [1.54, 1.807) is 79.1 Å². The highest BCUT2D eigenvalue weighted by atomic mass is 32.2. The van der Waals surface area contributed by atoms with E-state index in [1.807, 2.05) is 45.8 Å². The highest BCUT2D eigenvalue weighted by Crippen LogP contribution is 2.44. The number of ketones is 1. The lowest BCUT2D eigenvalue weighted by molar-refractivity contribution is -0.307. The lowest BCUT2D eigenvalue weighted by Gasteiger charge is -2.50. The molecule has 0 bridgehead atoms. The Labute approximate surface area is 449 Å². The number of carboxylic acids is 1. The molecule has 1 radical (unpaired) electrons. The number of carbonyl (C=O) groups excluding carboxylic acids is 2. The fourth-order valence-electron chi connectivity index (χ4n) is 11.7. The van der Waals surface area contributed by atoms with Crippen molar-refractivity contribution >= 4 is 38.7 Å². The Balaban J connectivity index is 1.38. The first-order chi connectivity index (χ1) is 35.4. The molecule has 21 heteroatoms. The number of nitrogens with one attached hydrogen (secondary N) is 1. The number of hydrogen-bond acceptors (Lipinski definition) is 18. The van der Waals surface area contributed by atoms with E-state index in [4.69, 9.17) is 37.3 Å². The van der Waals surface area contributed by atoms with Crippen LogP contribution in [0.2, 0.25) is 0 Å². The molecular formula is C55H88N3O17S. The van der Waals surface area contributed by atoms with E-state index in [0.717, 1.165) is 5.56 Å². The summed E-state index contributed by atoms with van der Waals surface area (Å²) in [4.78, 5) is 55.4. The Hall–Kier alpha value is -3.45. The molecule has 5 rings (SSSR count). The van der Waals surface area contributed by atoms with Gasteiger partial charge in [-0.25, -0.2) is 4.79 Å². The molecule has 0 spiro atoms. The molecule has 20 nitrogen and oxygen atoms in total. The summed E-state index contributed by atoms with van der Waals surface area (Å²) in [5.74, 6) is -5.89. The van der Waals surface area contributed by atoms with Crippen LogP contribution in [0.1, 0.15) is 124 Å². The summed E-state index contributed by atoms with van der Waals surface area (Å²) in [7, 11) is 4.13. The third-order valence-corrected chi connectivity index (χ3v) is 17.7. The van der Waals surface area contributed by atoms with E-state index in [-0.39, 0.29) is 48.7 Å². The second-order valence-corrected chi connectivity index (χ2v) is 24.6. The molecule has 1 aromatic heterocycles. The van der Waals surface area contributed by atoms with Gasteiger partial charge >= 0.3 is 11.9 Å². The van der Waals surface area contributed by atoms with Crippen LogP contribution >= 0.6 is 0 Å². The van der Waals surface area contributed by atoms with Gasteiger partial charge in [0.1, 0.15) is 23.6 Å². The molecule has 4 N–H and O–H groups in total. The maximum atomic E-state index is 14.7. The number of likely N-dealkylation sites (N-methyl/N-ethyl adjacent to an activating group) is 1. The molecule has 0 amide bonds. The molecule has 0 unspecified atom stereocenters. The number of carboxylic acid groups (broad SMARTS) is 1. The average molecular weight is 1100 g/mol.